The molecule has 0 heterocycles. The number of hydrogen-bond donors (Lipinski definition) is 1. The molecule has 9 heteroatoms. The molecule has 174 valence electrons. The smallest absolute Gasteiger partial charge is 0.244 e. The first-order chi connectivity index (χ1) is 15.0. The Morgan fingerprint density at radius 1 is 1.06 bits per heavy atom. The van der Waals surface area contributed by atoms with Crippen LogP contribution in [-0.2, 0) is 26.2 Å². The summed E-state index contributed by atoms with van der Waals surface area (Å²) < 4.78 is 31.6. The van der Waals surface area contributed by atoms with Gasteiger partial charge in [0, 0.05) is 13.6 Å². The van der Waals surface area contributed by atoms with Gasteiger partial charge in [0.1, 0.15) is 18.3 Å². The molecule has 32 heavy (non-hydrogen) atoms. The van der Waals surface area contributed by atoms with E-state index in [1.807, 2.05) is 38.1 Å². The normalized spacial score (nSPS) is 12.1. The fourth-order valence-electron chi connectivity index (χ4n) is 3.27. The Balaban J connectivity index is 2.44. The summed E-state index contributed by atoms with van der Waals surface area (Å²) in [7, 11) is -0.888. The van der Waals surface area contributed by atoms with E-state index in [1.54, 1.807) is 25.1 Å². The Hall–Kier alpha value is -3.07. The van der Waals surface area contributed by atoms with Crippen LogP contribution in [0.2, 0.25) is 0 Å². The minimum atomic E-state index is -3.82. The summed E-state index contributed by atoms with van der Waals surface area (Å²) in [6.07, 6.45) is 1.04. The molecule has 0 bridgehead atoms. The van der Waals surface area contributed by atoms with E-state index in [9.17, 15) is 18.0 Å². The van der Waals surface area contributed by atoms with Crippen molar-refractivity contribution >= 4 is 27.5 Å². The van der Waals surface area contributed by atoms with Crippen LogP contribution in [0.4, 0.5) is 5.69 Å². The standard InChI is InChI=1S/C23H31N3O5S/c1-16-7-10-19(11-8-16)14-25(18(3)23(28)24-4)22(27)15-26(32(6,29)30)20-13-17(2)9-12-21(20)31-5/h7-13,18H,14-15H2,1-6H3,(H,24,28)/t18-/m0/s1. The van der Waals surface area contributed by atoms with Crippen LogP contribution in [0, 0.1) is 13.8 Å². The lowest BCUT2D eigenvalue weighted by molar-refractivity contribution is -0.139. The van der Waals surface area contributed by atoms with Gasteiger partial charge in [-0.3, -0.25) is 13.9 Å². The minimum absolute atomic E-state index is 0.163. The average Bonchev–Trinajstić information content (AvgIpc) is 2.75. The van der Waals surface area contributed by atoms with Gasteiger partial charge < -0.3 is 15.0 Å². The number of amides is 2. The highest BCUT2D eigenvalue weighted by Crippen LogP contribution is 2.31. The molecular weight excluding hydrogens is 430 g/mol. The molecule has 0 spiro atoms. The maximum atomic E-state index is 13.4. The van der Waals surface area contributed by atoms with Gasteiger partial charge in [-0.15, -0.1) is 0 Å². The number of methoxy groups -OCH3 is 1. The molecule has 0 fully saturated rings. The van der Waals surface area contributed by atoms with Gasteiger partial charge >= 0.3 is 0 Å². The number of nitrogens with zero attached hydrogens (tertiary/aromatic N) is 2. The molecule has 0 aliphatic heterocycles. The highest BCUT2D eigenvalue weighted by molar-refractivity contribution is 7.92. The second kappa shape index (κ2) is 10.5. The third kappa shape index (κ3) is 6.23. The molecule has 0 aliphatic rings. The number of hydrogen-bond acceptors (Lipinski definition) is 5. The number of aryl methyl sites for hydroxylation is 2. The van der Waals surface area contributed by atoms with Crippen LogP contribution in [0.15, 0.2) is 42.5 Å². The zero-order chi connectivity index (χ0) is 24.1. The fourth-order valence-corrected chi connectivity index (χ4v) is 4.12. The van der Waals surface area contributed by atoms with E-state index in [1.165, 1.54) is 19.1 Å². The fraction of sp³-hybridized carbons (Fsp3) is 0.391. The van der Waals surface area contributed by atoms with E-state index < -0.39 is 28.5 Å². The monoisotopic (exact) mass is 461 g/mol. The minimum Gasteiger partial charge on any atom is -0.495 e. The lowest BCUT2D eigenvalue weighted by atomic mass is 10.1. The van der Waals surface area contributed by atoms with Gasteiger partial charge in [0.2, 0.25) is 21.8 Å². The third-order valence-electron chi connectivity index (χ3n) is 5.17. The number of carbonyl (C=O) groups is 2. The van der Waals surface area contributed by atoms with Crippen LogP contribution < -0.4 is 14.4 Å². The third-order valence-corrected chi connectivity index (χ3v) is 6.30. The van der Waals surface area contributed by atoms with Crippen molar-refractivity contribution in [1.82, 2.24) is 10.2 Å². The zero-order valence-corrected chi connectivity index (χ0v) is 20.2. The molecular formula is C23H31N3O5S. The first kappa shape index (κ1) is 25.2. The number of likely N-dealkylation sites (N-methyl/N-ethyl adjacent to an activating group) is 1. The van der Waals surface area contributed by atoms with Crippen molar-refractivity contribution in [2.45, 2.75) is 33.4 Å². The first-order valence-corrected chi connectivity index (χ1v) is 12.0. The van der Waals surface area contributed by atoms with Crippen LogP contribution in [0.3, 0.4) is 0 Å². The van der Waals surface area contributed by atoms with Gasteiger partial charge in [-0.25, -0.2) is 8.42 Å². The quantitative estimate of drug-likeness (QED) is 0.618. The molecule has 0 saturated heterocycles. The van der Waals surface area contributed by atoms with Gasteiger partial charge in [-0.2, -0.15) is 0 Å². The number of benzene rings is 2. The van der Waals surface area contributed by atoms with Crippen LogP contribution in [-0.4, -0.2) is 58.1 Å². The summed E-state index contributed by atoms with van der Waals surface area (Å²) >= 11 is 0. The van der Waals surface area contributed by atoms with E-state index >= 15 is 0 Å². The number of rotatable bonds is 9. The number of ether oxygens (including phenoxy) is 1. The lowest BCUT2D eigenvalue weighted by Crippen LogP contribution is -2.50. The summed E-state index contributed by atoms with van der Waals surface area (Å²) in [6.45, 7) is 5.09. The van der Waals surface area contributed by atoms with Crippen molar-refractivity contribution in [3.63, 3.8) is 0 Å². The molecule has 0 unspecified atom stereocenters. The van der Waals surface area contributed by atoms with Crippen LogP contribution >= 0.6 is 0 Å². The number of carbonyl (C=O) groups excluding carboxylic acids is 2. The van der Waals surface area contributed by atoms with Gasteiger partial charge in [0.05, 0.1) is 19.1 Å². The SMILES string of the molecule is CNC(=O)[C@H](C)N(Cc1ccc(C)cc1)C(=O)CN(c1cc(C)ccc1OC)S(C)(=O)=O. The lowest BCUT2D eigenvalue weighted by Gasteiger charge is -2.31. The van der Waals surface area contributed by atoms with E-state index in [-0.39, 0.29) is 18.1 Å². The first-order valence-electron chi connectivity index (χ1n) is 10.2. The molecule has 2 aromatic rings. The van der Waals surface area contributed by atoms with Gasteiger partial charge in [-0.05, 0) is 44.0 Å². The maximum Gasteiger partial charge on any atom is 0.244 e. The molecule has 8 nitrogen and oxygen atoms in total. The van der Waals surface area contributed by atoms with Crippen molar-refractivity contribution in [3.8, 4) is 5.75 Å². The highest BCUT2D eigenvalue weighted by Gasteiger charge is 2.30. The Bertz CT molecular complexity index is 1070. The Labute approximate surface area is 190 Å². The van der Waals surface area contributed by atoms with Crippen molar-refractivity contribution in [1.29, 1.82) is 0 Å². The number of anilines is 1. The second-order valence-corrected chi connectivity index (χ2v) is 9.65. The van der Waals surface area contributed by atoms with Crippen molar-refractivity contribution in [2.24, 2.45) is 0 Å². The topological polar surface area (TPSA) is 96.0 Å². The molecule has 2 aromatic carbocycles. The highest BCUT2D eigenvalue weighted by atomic mass is 32.2. The van der Waals surface area contributed by atoms with Crippen LogP contribution in [0.5, 0.6) is 5.75 Å². The summed E-state index contributed by atoms with van der Waals surface area (Å²) in [5.41, 5.74) is 2.99. The van der Waals surface area contributed by atoms with E-state index in [0.717, 1.165) is 27.3 Å². The second-order valence-electron chi connectivity index (χ2n) is 7.74. The van der Waals surface area contributed by atoms with E-state index in [4.69, 9.17) is 4.74 Å². The van der Waals surface area contributed by atoms with Crippen LogP contribution in [0.25, 0.3) is 0 Å². The summed E-state index contributed by atoms with van der Waals surface area (Å²) in [4.78, 5) is 27.1. The molecule has 1 atom stereocenters. The molecule has 2 rings (SSSR count). The predicted octanol–water partition coefficient (Wildman–Crippen LogP) is 2.24. The average molecular weight is 462 g/mol. The Kier molecular flexibility index (Phi) is 8.26. The van der Waals surface area contributed by atoms with Gasteiger partial charge in [-0.1, -0.05) is 35.9 Å². The Morgan fingerprint density at radius 2 is 1.66 bits per heavy atom. The largest absolute Gasteiger partial charge is 0.495 e. The zero-order valence-electron chi connectivity index (χ0n) is 19.4. The Morgan fingerprint density at radius 3 is 2.19 bits per heavy atom. The molecule has 0 aromatic heterocycles. The molecule has 0 radical (unpaired) electrons. The number of sulfonamides is 1. The molecule has 0 aliphatic carbocycles. The molecule has 1 N–H and O–H groups in total. The molecule has 0 saturated carbocycles. The predicted molar refractivity (Wildman–Crippen MR) is 125 cm³/mol. The van der Waals surface area contributed by atoms with Crippen molar-refractivity contribution < 1.29 is 22.7 Å². The van der Waals surface area contributed by atoms with E-state index in [0.29, 0.717) is 5.75 Å². The maximum absolute atomic E-state index is 13.4. The summed E-state index contributed by atoms with van der Waals surface area (Å²) in [5, 5.41) is 2.55. The van der Waals surface area contributed by atoms with E-state index in [2.05, 4.69) is 5.32 Å². The van der Waals surface area contributed by atoms with Crippen molar-refractivity contribution in [3.05, 3.63) is 59.2 Å². The van der Waals surface area contributed by atoms with Gasteiger partial charge in [0.15, 0.2) is 0 Å². The van der Waals surface area contributed by atoms with Crippen LogP contribution in [0.1, 0.15) is 23.6 Å². The number of nitrogens with one attached hydrogen (secondary N) is 1. The van der Waals surface area contributed by atoms with Crippen molar-refractivity contribution in [2.75, 3.05) is 31.3 Å². The summed E-state index contributed by atoms with van der Waals surface area (Å²) in [6, 6.07) is 11.9. The molecule has 2 amide bonds. The van der Waals surface area contributed by atoms with Gasteiger partial charge in [0.25, 0.3) is 0 Å². The summed E-state index contributed by atoms with van der Waals surface area (Å²) in [5.74, 6) is -0.515.